The Morgan fingerprint density at radius 3 is 2.22 bits per heavy atom. The van der Waals surface area contributed by atoms with Crippen LogP contribution < -0.4 is 16.4 Å². The van der Waals surface area contributed by atoms with Gasteiger partial charge in [0.1, 0.15) is 6.04 Å². The highest BCUT2D eigenvalue weighted by molar-refractivity contribution is 7.38. The zero-order valence-corrected chi connectivity index (χ0v) is 17.6. The monoisotopic (exact) mass is 405 g/mol. The molecular formula is C18H36N3O5P. The summed E-state index contributed by atoms with van der Waals surface area (Å²) in [4.78, 5) is 33.8. The van der Waals surface area contributed by atoms with Crippen molar-refractivity contribution in [1.29, 1.82) is 0 Å². The standard InChI is InChI=1S/C18H36N3O5P/c1-11(2)16(21-17(23)12(3)19)18(24)20-10-14(22)9-15(27(25)26)13-7-5-4-6-8-13/h11-16,22,27H,4-10,19H2,1-3H3,(H,20,24)(H,21,23)(H,25,26)/t12-,14+,15?,16+/m0/s1. The van der Waals surface area contributed by atoms with Gasteiger partial charge < -0.3 is 26.4 Å². The van der Waals surface area contributed by atoms with E-state index in [1.165, 1.54) is 6.92 Å². The van der Waals surface area contributed by atoms with E-state index in [1.807, 2.05) is 0 Å². The van der Waals surface area contributed by atoms with Crippen molar-refractivity contribution in [3.8, 4) is 0 Å². The van der Waals surface area contributed by atoms with Gasteiger partial charge in [-0.1, -0.05) is 33.1 Å². The van der Waals surface area contributed by atoms with Crippen molar-refractivity contribution in [2.45, 2.75) is 83.1 Å². The van der Waals surface area contributed by atoms with Gasteiger partial charge in [0.05, 0.1) is 12.1 Å². The van der Waals surface area contributed by atoms with E-state index in [2.05, 4.69) is 10.6 Å². The Kier molecular flexibility index (Phi) is 10.5. The zero-order valence-electron chi connectivity index (χ0n) is 16.6. The molecule has 0 aromatic carbocycles. The van der Waals surface area contributed by atoms with Crippen LogP contribution in [0.1, 0.15) is 59.3 Å². The largest absolute Gasteiger partial charge is 0.391 e. The van der Waals surface area contributed by atoms with Crippen molar-refractivity contribution >= 4 is 19.8 Å². The predicted octanol–water partition coefficient (Wildman–Crippen LogP) is 0.758. The summed E-state index contributed by atoms with van der Waals surface area (Å²) in [5.41, 5.74) is 5.11. The summed E-state index contributed by atoms with van der Waals surface area (Å²) in [6.45, 7) is 5.13. The first-order chi connectivity index (χ1) is 12.6. The van der Waals surface area contributed by atoms with Crippen molar-refractivity contribution in [3.63, 3.8) is 0 Å². The molecule has 2 unspecified atom stereocenters. The first-order valence-electron chi connectivity index (χ1n) is 9.88. The van der Waals surface area contributed by atoms with E-state index in [9.17, 15) is 24.2 Å². The molecule has 5 atom stereocenters. The lowest BCUT2D eigenvalue weighted by atomic mass is 9.85. The maximum Gasteiger partial charge on any atom is 0.242 e. The quantitative estimate of drug-likeness (QED) is 0.340. The van der Waals surface area contributed by atoms with Crippen LogP contribution in [0.25, 0.3) is 0 Å². The summed E-state index contributed by atoms with van der Waals surface area (Å²) < 4.78 is 11.8. The molecule has 1 aliphatic rings. The van der Waals surface area contributed by atoms with Gasteiger partial charge in [0.15, 0.2) is 8.03 Å². The van der Waals surface area contributed by atoms with E-state index in [-0.39, 0.29) is 24.8 Å². The Hall–Kier alpha value is -0.950. The third-order valence-corrected chi connectivity index (χ3v) is 6.58. The summed E-state index contributed by atoms with van der Waals surface area (Å²) in [6, 6.07) is -1.47. The number of aliphatic hydroxyl groups is 1. The van der Waals surface area contributed by atoms with E-state index in [0.29, 0.717) is 0 Å². The zero-order chi connectivity index (χ0) is 20.6. The second-order valence-electron chi connectivity index (χ2n) is 8.00. The van der Waals surface area contributed by atoms with Crippen LogP contribution in [0.15, 0.2) is 0 Å². The molecule has 1 fully saturated rings. The Balaban J connectivity index is 2.56. The van der Waals surface area contributed by atoms with Gasteiger partial charge in [-0.2, -0.15) is 0 Å². The SMILES string of the molecule is CC(C)[C@@H](NC(=O)[C@H](C)N)C(=O)NC[C@H](O)CC(C1CCCCC1)[PH](=O)O. The highest BCUT2D eigenvalue weighted by atomic mass is 31.1. The van der Waals surface area contributed by atoms with Crippen molar-refractivity contribution in [2.75, 3.05) is 6.54 Å². The highest BCUT2D eigenvalue weighted by Crippen LogP contribution is 2.40. The van der Waals surface area contributed by atoms with Crippen LogP contribution in [0.5, 0.6) is 0 Å². The van der Waals surface area contributed by atoms with E-state index in [1.54, 1.807) is 13.8 Å². The molecule has 0 bridgehead atoms. The van der Waals surface area contributed by atoms with E-state index in [0.717, 1.165) is 32.1 Å². The fourth-order valence-corrected chi connectivity index (χ4v) is 4.77. The third kappa shape index (κ3) is 8.30. The molecule has 158 valence electrons. The first-order valence-corrected chi connectivity index (χ1v) is 11.3. The number of rotatable bonds is 10. The minimum absolute atomic E-state index is 0.0194. The molecule has 8 nitrogen and oxygen atoms in total. The average Bonchev–Trinajstić information content (AvgIpc) is 2.61. The second-order valence-corrected chi connectivity index (χ2v) is 9.41. The number of nitrogens with one attached hydrogen (secondary N) is 2. The fourth-order valence-electron chi connectivity index (χ4n) is 3.56. The molecule has 0 aliphatic heterocycles. The van der Waals surface area contributed by atoms with Gasteiger partial charge in [0, 0.05) is 12.2 Å². The van der Waals surface area contributed by atoms with Gasteiger partial charge in [-0.3, -0.25) is 14.2 Å². The van der Waals surface area contributed by atoms with Gasteiger partial charge in [0.25, 0.3) is 0 Å². The molecule has 2 amide bonds. The number of nitrogens with two attached hydrogens (primary N) is 1. The maximum absolute atomic E-state index is 12.4. The number of carbonyl (C=O) groups is 2. The lowest BCUT2D eigenvalue weighted by molar-refractivity contribution is -0.130. The van der Waals surface area contributed by atoms with Gasteiger partial charge in [0.2, 0.25) is 11.8 Å². The molecule has 0 aromatic rings. The predicted molar refractivity (Wildman–Crippen MR) is 106 cm³/mol. The Morgan fingerprint density at radius 1 is 1.15 bits per heavy atom. The molecular weight excluding hydrogens is 369 g/mol. The van der Waals surface area contributed by atoms with Crippen molar-refractivity contribution < 1.29 is 24.2 Å². The van der Waals surface area contributed by atoms with Crippen LogP contribution in [-0.4, -0.2) is 52.2 Å². The summed E-state index contributed by atoms with van der Waals surface area (Å²) in [5.74, 6) is -0.799. The van der Waals surface area contributed by atoms with E-state index < -0.39 is 43.7 Å². The fraction of sp³-hybridized carbons (Fsp3) is 0.889. The Morgan fingerprint density at radius 2 is 1.74 bits per heavy atom. The molecule has 0 spiro atoms. The number of aliphatic hydroxyl groups excluding tert-OH is 1. The van der Waals surface area contributed by atoms with E-state index in [4.69, 9.17) is 5.73 Å². The number of hydrogen-bond acceptors (Lipinski definition) is 5. The highest BCUT2D eigenvalue weighted by Gasteiger charge is 2.30. The van der Waals surface area contributed by atoms with Crippen LogP contribution in [0.4, 0.5) is 0 Å². The van der Waals surface area contributed by atoms with Crippen LogP contribution in [0.3, 0.4) is 0 Å². The molecule has 6 N–H and O–H groups in total. The molecule has 0 saturated heterocycles. The molecule has 1 saturated carbocycles. The minimum Gasteiger partial charge on any atom is -0.391 e. The van der Waals surface area contributed by atoms with Crippen LogP contribution in [0.2, 0.25) is 0 Å². The number of hydrogen-bond donors (Lipinski definition) is 5. The first kappa shape index (κ1) is 24.1. The van der Waals surface area contributed by atoms with Gasteiger partial charge in [-0.05, 0) is 38.0 Å². The second kappa shape index (κ2) is 11.8. The summed E-state index contributed by atoms with van der Waals surface area (Å²) >= 11 is 0. The van der Waals surface area contributed by atoms with Gasteiger partial charge in [-0.25, -0.2) is 0 Å². The topological polar surface area (TPSA) is 142 Å². The van der Waals surface area contributed by atoms with Crippen molar-refractivity contribution in [2.24, 2.45) is 17.6 Å². The molecule has 0 heterocycles. The van der Waals surface area contributed by atoms with Gasteiger partial charge >= 0.3 is 0 Å². The smallest absolute Gasteiger partial charge is 0.242 e. The maximum atomic E-state index is 12.4. The number of carbonyl (C=O) groups excluding carboxylic acids is 2. The third-order valence-electron chi connectivity index (χ3n) is 5.23. The van der Waals surface area contributed by atoms with Crippen molar-refractivity contribution in [3.05, 3.63) is 0 Å². The van der Waals surface area contributed by atoms with E-state index >= 15 is 0 Å². The Labute approximate surface area is 162 Å². The summed E-state index contributed by atoms with van der Waals surface area (Å²) in [6.07, 6.45) is 4.38. The molecule has 27 heavy (non-hydrogen) atoms. The molecule has 1 rings (SSSR count). The average molecular weight is 405 g/mol. The minimum atomic E-state index is -2.75. The molecule has 0 aromatic heterocycles. The number of amides is 2. The normalized spacial score (nSPS) is 21.1. The summed E-state index contributed by atoms with van der Waals surface area (Å²) in [7, 11) is -2.75. The van der Waals surface area contributed by atoms with Crippen molar-refractivity contribution in [1.82, 2.24) is 10.6 Å². The van der Waals surface area contributed by atoms with Crippen LogP contribution in [-0.2, 0) is 14.2 Å². The lowest BCUT2D eigenvalue weighted by Gasteiger charge is -2.30. The summed E-state index contributed by atoms with van der Waals surface area (Å²) in [5, 5.41) is 15.5. The van der Waals surface area contributed by atoms with Gasteiger partial charge in [-0.15, -0.1) is 0 Å². The molecule has 0 radical (unpaired) electrons. The van der Waals surface area contributed by atoms with Crippen LogP contribution >= 0.6 is 8.03 Å². The van der Waals surface area contributed by atoms with Crippen LogP contribution in [0, 0.1) is 11.8 Å². The molecule has 9 heteroatoms. The Bertz CT molecular complexity index is 509. The molecule has 1 aliphatic carbocycles. The lowest BCUT2D eigenvalue weighted by Crippen LogP contribution is -2.54.